The van der Waals surface area contributed by atoms with Crippen molar-refractivity contribution in [1.82, 2.24) is 4.90 Å². The Hall–Kier alpha value is -2.28. The van der Waals surface area contributed by atoms with Crippen LogP contribution in [0.3, 0.4) is 0 Å². The highest BCUT2D eigenvalue weighted by molar-refractivity contribution is 5.90. The number of hydrogen-bond donors (Lipinski definition) is 1. The van der Waals surface area contributed by atoms with Crippen LogP contribution in [-0.2, 0) is 14.3 Å². The molecule has 1 fully saturated rings. The molecule has 2 amide bonds. The van der Waals surface area contributed by atoms with Crippen LogP contribution < -0.4 is 10.1 Å². The van der Waals surface area contributed by atoms with Crippen molar-refractivity contribution in [2.45, 2.75) is 6.10 Å². The smallest absolute Gasteiger partial charge is 0.336 e. The predicted octanol–water partition coefficient (Wildman–Crippen LogP) is 1.10. The third-order valence-electron chi connectivity index (χ3n) is 3.16. The van der Waals surface area contributed by atoms with Crippen molar-refractivity contribution in [2.24, 2.45) is 0 Å². The van der Waals surface area contributed by atoms with Gasteiger partial charge < -0.3 is 24.4 Å². The van der Waals surface area contributed by atoms with Crippen molar-refractivity contribution in [3.63, 3.8) is 0 Å². The zero-order chi connectivity index (χ0) is 15.2. The fourth-order valence-electron chi connectivity index (χ4n) is 1.98. The van der Waals surface area contributed by atoms with E-state index in [-0.39, 0.29) is 12.6 Å². The number of amides is 2. The van der Waals surface area contributed by atoms with E-state index >= 15 is 0 Å². The molecule has 1 saturated heterocycles. The van der Waals surface area contributed by atoms with E-state index in [0.717, 1.165) is 0 Å². The van der Waals surface area contributed by atoms with Gasteiger partial charge in [0, 0.05) is 12.2 Å². The minimum atomic E-state index is -0.731. The summed E-state index contributed by atoms with van der Waals surface area (Å²) in [5, 5.41) is 2.76. The molecule has 1 N–H and O–H groups in total. The molecule has 0 radical (unpaired) electrons. The van der Waals surface area contributed by atoms with Gasteiger partial charge in [0.15, 0.2) is 6.10 Å². The van der Waals surface area contributed by atoms with Gasteiger partial charge in [0.05, 0.1) is 27.4 Å². The van der Waals surface area contributed by atoms with Crippen molar-refractivity contribution in [2.75, 3.05) is 39.2 Å². The molecular weight excluding hydrogens is 276 g/mol. The molecule has 2 rings (SSSR count). The van der Waals surface area contributed by atoms with Crippen LogP contribution in [0.25, 0.3) is 0 Å². The van der Waals surface area contributed by atoms with Gasteiger partial charge in [0.2, 0.25) is 0 Å². The van der Waals surface area contributed by atoms with E-state index in [9.17, 15) is 9.59 Å². The van der Waals surface area contributed by atoms with Crippen molar-refractivity contribution >= 4 is 17.7 Å². The number of carbonyl (C=O) groups is 2. The van der Waals surface area contributed by atoms with Crippen molar-refractivity contribution in [3.8, 4) is 5.75 Å². The Balaban J connectivity index is 1.94. The van der Waals surface area contributed by atoms with Crippen LogP contribution in [0.5, 0.6) is 5.75 Å². The molecule has 0 aromatic heterocycles. The first-order chi connectivity index (χ1) is 10.1. The molecule has 7 nitrogen and oxygen atoms in total. The second-order valence-corrected chi connectivity index (χ2v) is 4.49. The van der Waals surface area contributed by atoms with Crippen LogP contribution >= 0.6 is 0 Å². The third-order valence-corrected chi connectivity index (χ3v) is 3.16. The lowest BCUT2D eigenvalue weighted by Gasteiger charge is -2.31. The predicted molar refractivity (Wildman–Crippen MR) is 75.3 cm³/mol. The van der Waals surface area contributed by atoms with E-state index in [1.165, 1.54) is 12.0 Å². The van der Waals surface area contributed by atoms with Crippen LogP contribution in [0.2, 0.25) is 0 Å². The van der Waals surface area contributed by atoms with Crippen LogP contribution in [0.1, 0.15) is 0 Å². The van der Waals surface area contributed by atoms with Crippen LogP contribution in [0.15, 0.2) is 24.3 Å². The van der Waals surface area contributed by atoms with E-state index in [1.54, 1.807) is 31.4 Å². The van der Waals surface area contributed by atoms with Gasteiger partial charge in [-0.25, -0.2) is 9.59 Å². The first-order valence-corrected chi connectivity index (χ1v) is 6.53. The SMILES string of the molecule is COC(=O)C1CN(C(=O)Nc2ccc(OC)cc2)CCO1. The van der Waals surface area contributed by atoms with Crippen molar-refractivity contribution in [3.05, 3.63) is 24.3 Å². The summed E-state index contributed by atoms with van der Waals surface area (Å²) in [6.45, 7) is 0.903. The van der Waals surface area contributed by atoms with Gasteiger partial charge in [-0.2, -0.15) is 0 Å². The summed E-state index contributed by atoms with van der Waals surface area (Å²) in [5.41, 5.74) is 0.655. The minimum Gasteiger partial charge on any atom is -0.497 e. The average molecular weight is 294 g/mol. The highest BCUT2D eigenvalue weighted by Gasteiger charge is 2.29. The molecule has 21 heavy (non-hydrogen) atoms. The molecule has 1 unspecified atom stereocenters. The lowest BCUT2D eigenvalue weighted by molar-refractivity contribution is -0.158. The Labute approximate surface area is 122 Å². The maximum atomic E-state index is 12.2. The molecule has 1 aromatic carbocycles. The zero-order valence-electron chi connectivity index (χ0n) is 12.0. The number of morpholine rings is 1. The molecule has 0 bridgehead atoms. The first-order valence-electron chi connectivity index (χ1n) is 6.53. The van der Waals surface area contributed by atoms with E-state index < -0.39 is 12.1 Å². The number of rotatable bonds is 3. The Bertz CT molecular complexity index is 503. The summed E-state index contributed by atoms with van der Waals surface area (Å²) < 4.78 is 15.0. The van der Waals surface area contributed by atoms with E-state index in [4.69, 9.17) is 9.47 Å². The number of carbonyl (C=O) groups excluding carboxylic acids is 2. The Morgan fingerprint density at radius 2 is 2.00 bits per heavy atom. The summed E-state index contributed by atoms with van der Waals surface area (Å²) in [6.07, 6.45) is -0.731. The fraction of sp³-hybridized carbons (Fsp3) is 0.429. The Morgan fingerprint density at radius 3 is 2.62 bits per heavy atom. The van der Waals surface area contributed by atoms with Gasteiger partial charge in [-0.05, 0) is 24.3 Å². The van der Waals surface area contributed by atoms with Gasteiger partial charge in [-0.1, -0.05) is 0 Å². The number of ether oxygens (including phenoxy) is 3. The standard InChI is InChI=1S/C14H18N2O5/c1-19-11-5-3-10(4-6-11)15-14(18)16-7-8-21-12(9-16)13(17)20-2/h3-6,12H,7-9H2,1-2H3,(H,15,18). The lowest BCUT2D eigenvalue weighted by Crippen LogP contribution is -2.50. The zero-order valence-corrected chi connectivity index (χ0v) is 12.0. The molecule has 1 heterocycles. The first kappa shape index (κ1) is 15.1. The second-order valence-electron chi connectivity index (χ2n) is 4.49. The van der Waals surface area contributed by atoms with Gasteiger partial charge >= 0.3 is 12.0 Å². The maximum absolute atomic E-state index is 12.2. The van der Waals surface area contributed by atoms with Gasteiger partial charge in [-0.3, -0.25) is 0 Å². The monoisotopic (exact) mass is 294 g/mol. The van der Waals surface area contributed by atoms with E-state index in [1.807, 2.05) is 0 Å². The molecule has 7 heteroatoms. The summed E-state index contributed by atoms with van der Waals surface area (Å²) in [6, 6.07) is 6.72. The van der Waals surface area contributed by atoms with Crippen LogP contribution in [-0.4, -0.2) is 56.9 Å². The summed E-state index contributed by atoms with van der Waals surface area (Å²) in [5.74, 6) is 0.238. The number of hydrogen-bond acceptors (Lipinski definition) is 5. The molecular formula is C14H18N2O5. The maximum Gasteiger partial charge on any atom is 0.336 e. The number of nitrogens with one attached hydrogen (secondary N) is 1. The average Bonchev–Trinajstić information content (AvgIpc) is 2.55. The van der Waals surface area contributed by atoms with Crippen LogP contribution in [0, 0.1) is 0 Å². The number of methoxy groups -OCH3 is 2. The van der Waals surface area contributed by atoms with Crippen molar-refractivity contribution in [1.29, 1.82) is 0 Å². The minimum absolute atomic E-state index is 0.175. The van der Waals surface area contributed by atoms with Crippen LogP contribution in [0.4, 0.5) is 10.5 Å². The normalized spacial score (nSPS) is 18.0. The molecule has 1 atom stereocenters. The lowest BCUT2D eigenvalue weighted by atomic mass is 10.2. The summed E-state index contributed by atoms with van der Waals surface area (Å²) >= 11 is 0. The molecule has 0 aliphatic carbocycles. The summed E-state index contributed by atoms with van der Waals surface area (Å²) in [7, 11) is 2.87. The number of anilines is 1. The van der Waals surface area contributed by atoms with E-state index in [2.05, 4.69) is 10.1 Å². The molecule has 1 aromatic rings. The number of nitrogens with zero attached hydrogens (tertiary/aromatic N) is 1. The largest absolute Gasteiger partial charge is 0.497 e. The number of benzene rings is 1. The highest BCUT2D eigenvalue weighted by atomic mass is 16.6. The highest BCUT2D eigenvalue weighted by Crippen LogP contribution is 2.16. The molecule has 0 saturated carbocycles. The number of esters is 1. The Kier molecular flexibility index (Phi) is 4.99. The van der Waals surface area contributed by atoms with Gasteiger partial charge in [0.1, 0.15) is 5.75 Å². The molecule has 1 aliphatic rings. The number of urea groups is 1. The Morgan fingerprint density at radius 1 is 1.29 bits per heavy atom. The topological polar surface area (TPSA) is 77.1 Å². The summed E-state index contributed by atoms with van der Waals surface area (Å²) in [4.78, 5) is 25.1. The van der Waals surface area contributed by atoms with Gasteiger partial charge in [0.25, 0.3) is 0 Å². The second kappa shape index (κ2) is 6.94. The van der Waals surface area contributed by atoms with E-state index in [0.29, 0.717) is 24.6 Å². The van der Waals surface area contributed by atoms with Gasteiger partial charge in [-0.15, -0.1) is 0 Å². The third kappa shape index (κ3) is 3.85. The quantitative estimate of drug-likeness (QED) is 0.845. The molecule has 114 valence electrons. The molecule has 1 aliphatic heterocycles. The fourth-order valence-corrected chi connectivity index (χ4v) is 1.98. The van der Waals surface area contributed by atoms with Crippen molar-refractivity contribution < 1.29 is 23.8 Å². The molecule has 0 spiro atoms.